The van der Waals surface area contributed by atoms with E-state index in [1.807, 2.05) is 13.8 Å². The molecule has 1 aromatic rings. The molecule has 0 radical (unpaired) electrons. The van der Waals surface area contributed by atoms with Gasteiger partial charge in [-0.1, -0.05) is 13.8 Å². The van der Waals surface area contributed by atoms with Gasteiger partial charge in [0, 0.05) is 0 Å². The number of hydrogen-bond donors (Lipinski definition) is 0. The van der Waals surface area contributed by atoms with Crippen molar-refractivity contribution >= 4 is 16.1 Å². The number of rotatable bonds is 7. The molecule has 10 heteroatoms. The Hall–Kier alpha value is -1.81. The van der Waals surface area contributed by atoms with Crippen LogP contribution in [0.5, 0.6) is 5.75 Å². The lowest BCUT2D eigenvalue weighted by molar-refractivity contribution is -0.184. The van der Waals surface area contributed by atoms with Crippen LogP contribution < -0.4 is 4.74 Å². The third-order valence-corrected chi connectivity index (χ3v) is 8.36. The summed E-state index contributed by atoms with van der Waals surface area (Å²) < 4.78 is 84.9. The lowest BCUT2D eigenvalue weighted by Crippen LogP contribution is -2.63. The first kappa shape index (κ1) is 24.3. The number of halogens is 3. The van der Waals surface area contributed by atoms with E-state index in [-0.39, 0.29) is 23.3 Å². The molecule has 0 amide bonds. The largest absolute Gasteiger partial charge is 0.748 e. The number of benzene rings is 1. The zero-order chi connectivity index (χ0) is 24.2. The molecule has 0 atom stereocenters. The van der Waals surface area contributed by atoms with E-state index < -0.39 is 51.5 Å². The highest BCUT2D eigenvalue weighted by molar-refractivity contribution is 7.85. The molecule has 0 unspecified atom stereocenters. The third kappa shape index (κ3) is 4.73. The molecule has 6 nitrogen and oxygen atoms in total. The first-order chi connectivity index (χ1) is 15.3. The summed E-state index contributed by atoms with van der Waals surface area (Å²) in [6, 6.07) is 2.80. The summed E-state index contributed by atoms with van der Waals surface area (Å²) in [7, 11) is -4.58. The van der Waals surface area contributed by atoms with E-state index in [0.29, 0.717) is 11.8 Å². The Balaban J connectivity index is 1.66. The zero-order valence-electron chi connectivity index (χ0n) is 18.6. The summed E-state index contributed by atoms with van der Waals surface area (Å²) in [5.41, 5.74) is -1.90. The first-order valence-corrected chi connectivity index (χ1v) is 12.9. The topological polar surface area (TPSA) is 92.7 Å². The van der Waals surface area contributed by atoms with E-state index in [0.717, 1.165) is 43.9 Å². The van der Waals surface area contributed by atoms with Gasteiger partial charge in [0.2, 0.25) is 0 Å². The van der Waals surface area contributed by atoms with Crippen LogP contribution >= 0.6 is 0 Å². The number of hydrogen-bond acceptors (Lipinski definition) is 6. The Labute approximate surface area is 191 Å². The fraction of sp³-hybridized carbons (Fsp3) is 0.696. The van der Waals surface area contributed by atoms with Crippen LogP contribution in [-0.2, 0) is 21.0 Å². The molecular formula is C23H28F3O6S-. The van der Waals surface area contributed by atoms with Crippen LogP contribution in [0.25, 0.3) is 0 Å². The molecule has 0 heterocycles. The van der Waals surface area contributed by atoms with E-state index in [9.17, 15) is 30.9 Å². The maximum Gasteiger partial charge on any atom is 0.419 e. The van der Waals surface area contributed by atoms with E-state index in [2.05, 4.69) is 0 Å². The van der Waals surface area contributed by atoms with Crippen LogP contribution in [0.4, 0.5) is 13.2 Å². The molecule has 0 spiro atoms. The molecule has 4 fully saturated rings. The van der Waals surface area contributed by atoms with Crippen molar-refractivity contribution in [3.8, 4) is 5.75 Å². The molecule has 0 saturated heterocycles. The molecule has 0 aliphatic heterocycles. The quantitative estimate of drug-likeness (QED) is 0.409. The van der Waals surface area contributed by atoms with Crippen LogP contribution in [0.15, 0.2) is 18.2 Å². The van der Waals surface area contributed by atoms with Crippen molar-refractivity contribution in [1.82, 2.24) is 0 Å². The normalized spacial score (nSPS) is 31.1. The van der Waals surface area contributed by atoms with Crippen molar-refractivity contribution in [3.63, 3.8) is 0 Å². The highest BCUT2D eigenvalue weighted by Gasteiger charge is 2.60. The molecule has 4 aliphatic rings. The van der Waals surface area contributed by atoms with Crippen LogP contribution in [0.3, 0.4) is 0 Å². The minimum atomic E-state index is -4.68. The van der Waals surface area contributed by atoms with Gasteiger partial charge >= 0.3 is 12.1 Å². The summed E-state index contributed by atoms with van der Waals surface area (Å²) >= 11 is 0. The van der Waals surface area contributed by atoms with Crippen molar-refractivity contribution in [2.45, 2.75) is 57.7 Å². The lowest BCUT2D eigenvalue weighted by atomic mass is 9.47. The van der Waals surface area contributed by atoms with Gasteiger partial charge in [-0.25, -0.2) is 13.2 Å². The van der Waals surface area contributed by atoms with Gasteiger partial charge < -0.3 is 14.0 Å². The molecule has 4 saturated carbocycles. The number of esters is 1. The Morgan fingerprint density at radius 1 is 1.12 bits per heavy atom. The van der Waals surface area contributed by atoms with Crippen molar-refractivity contribution in [2.24, 2.45) is 29.6 Å². The molecule has 4 aliphatic carbocycles. The highest BCUT2D eigenvalue weighted by atomic mass is 32.2. The van der Waals surface area contributed by atoms with E-state index in [1.54, 1.807) is 0 Å². The summed E-state index contributed by atoms with van der Waals surface area (Å²) in [5, 5.41) is 0. The van der Waals surface area contributed by atoms with E-state index in [1.165, 1.54) is 6.42 Å². The maximum atomic E-state index is 13.9. The molecule has 1 aromatic carbocycles. The fourth-order valence-electron chi connectivity index (χ4n) is 6.63. The Kier molecular flexibility index (Phi) is 6.22. The van der Waals surface area contributed by atoms with E-state index >= 15 is 0 Å². The van der Waals surface area contributed by atoms with Gasteiger partial charge in [-0.15, -0.1) is 0 Å². The summed E-state index contributed by atoms with van der Waals surface area (Å²) in [4.78, 5) is 12.3. The molecule has 4 bridgehead atoms. The molecule has 0 aromatic heterocycles. The monoisotopic (exact) mass is 489 g/mol. The number of carbonyl (C=O) groups is 1. The van der Waals surface area contributed by atoms with Crippen molar-refractivity contribution in [2.75, 3.05) is 12.4 Å². The van der Waals surface area contributed by atoms with Gasteiger partial charge in [0.25, 0.3) is 0 Å². The summed E-state index contributed by atoms with van der Waals surface area (Å²) in [6.45, 7) is 3.29. The third-order valence-electron chi connectivity index (χ3n) is 7.69. The predicted molar refractivity (Wildman–Crippen MR) is 112 cm³/mol. The van der Waals surface area contributed by atoms with Gasteiger partial charge in [0.1, 0.15) is 18.0 Å². The van der Waals surface area contributed by atoms with Gasteiger partial charge in [-0.3, -0.25) is 0 Å². The molecular weight excluding hydrogens is 461 g/mol. The van der Waals surface area contributed by atoms with Gasteiger partial charge in [-0.05, 0) is 79.9 Å². The Bertz CT molecular complexity index is 990. The van der Waals surface area contributed by atoms with Gasteiger partial charge in [0.05, 0.1) is 27.0 Å². The average Bonchev–Trinajstić information content (AvgIpc) is 2.68. The highest BCUT2D eigenvalue weighted by Crippen LogP contribution is 2.62. The van der Waals surface area contributed by atoms with Crippen LogP contribution in [-0.4, -0.2) is 36.9 Å². The van der Waals surface area contributed by atoms with Crippen molar-refractivity contribution < 1.29 is 40.4 Å². The van der Waals surface area contributed by atoms with Crippen LogP contribution in [0.1, 0.15) is 61.9 Å². The van der Waals surface area contributed by atoms with Gasteiger partial charge in [-0.2, -0.15) is 13.2 Å². The standard InChI is InChI=1S/C23H29F3O6S/c1-13(2)22(17-8-14-7-15(10-17)11-18(22)9-14)32-20-12-16(3-4-19(20)23(24,25)26)21(27)31-5-6-33(28,29)30/h3-4,12-15,17-18H,5-11H2,1-2H3,(H,28,29,30)/p-1. The minimum Gasteiger partial charge on any atom is -0.748 e. The molecule has 184 valence electrons. The number of ether oxygens (including phenoxy) is 2. The Morgan fingerprint density at radius 2 is 1.70 bits per heavy atom. The lowest BCUT2D eigenvalue weighted by Gasteiger charge is -2.62. The molecule has 33 heavy (non-hydrogen) atoms. The Morgan fingerprint density at radius 3 is 2.18 bits per heavy atom. The first-order valence-electron chi connectivity index (χ1n) is 11.3. The maximum absolute atomic E-state index is 13.9. The SMILES string of the molecule is CC(C)C1(Oc2cc(C(=O)OCCS(=O)(=O)[O-])ccc2C(F)(F)F)C2CC3CC(C2)CC1C3. The molecule has 0 N–H and O–H groups in total. The van der Waals surface area contributed by atoms with Crippen molar-refractivity contribution in [1.29, 1.82) is 0 Å². The fourth-order valence-corrected chi connectivity index (χ4v) is 6.91. The second-order valence-electron chi connectivity index (χ2n) is 10.0. The van der Waals surface area contributed by atoms with Crippen molar-refractivity contribution in [3.05, 3.63) is 29.3 Å². The van der Waals surface area contributed by atoms with Crippen LogP contribution in [0.2, 0.25) is 0 Å². The van der Waals surface area contributed by atoms with Gasteiger partial charge in [0.15, 0.2) is 0 Å². The summed E-state index contributed by atoms with van der Waals surface area (Å²) in [6.07, 6.45) is 0.277. The second kappa shape index (κ2) is 8.45. The number of carbonyl (C=O) groups excluding carboxylic acids is 1. The van der Waals surface area contributed by atoms with Crippen LogP contribution in [0, 0.1) is 29.6 Å². The number of alkyl halides is 3. The average molecular weight is 490 g/mol. The zero-order valence-corrected chi connectivity index (χ0v) is 19.4. The minimum absolute atomic E-state index is 0.0218. The van der Waals surface area contributed by atoms with E-state index in [4.69, 9.17) is 9.47 Å². The summed E-state index contributed by atoms with van der Waals surface area (Å²) in [5.74, 6) is -0.833. The predicted octanol–water partition coefficient (Wildman–Crippen LogP) is 4.64. The molecule has 5 rings (SSSR count). The second-order valence-corrected chi connectivity index (χ2v) is 11.5. The smallest absolute Gasteiger partial charge is 0.419 e.